The summed E-state index contributed by atoms with van der Waals surface area (Å²) in [5.74, 6) is 2.88. The molecule has 2 rings (SSSR count). The molecule has 7 heteroatoms. The van der Waals surface area contributed by atoms with Crippen LogP contribution in [0.25, 0.3) is 0 Å². The number of nitrogens with one attached hydrogen (secondary N) is 1. The molecule has 1 atom stereocenters. The zero-order chi connectivity index (χ0) is 13.8. The predicted molar refractivity (Wildman–Crippen MR) is 80.5 cm³/mol. The molecule has 1 aromatic heterocycles. The molecule has 1 unspecified atom stereocenters. The van der Waals surface area contributed by atoms with Crippen LogP contribution in [0.2, 0.25) is 0 Å². The number of carboxylic acids is 1. The van der Waals surface area contributed by atoms with Crippen molar-refractivity contribution in [2.75, 3.05) is 29.1 Å². The largest absolute Gasteiger partial charge is 0.478 e. The maximum atomic E-state index is 11.3. The summed E-state index contributed by atoms with van der Waals surface area (Å²) in [6, 6.07) is 0. The van der Waals surface area contributed by atoms with Crippen LogP contribution in [-0.4, -0.2) is 50.3 Å². The number of nitrogens with zero attached hydrogens (tertiary/aromatic N) is 2. The highest BCUT2D eigenvalue weighted by atomic mass is 32.2. The second-order valence-electron chi connectivity index (χ2n) is 4.39. The summed E-state index contributed by atoms with van der Waals surface area (Å²) in [7, 11) is 0. The highest BCUT2D eigenvalue weighted by Crippen LogP contribution is 2.25. The lowest BCUT2D eigenvalue weighted by Crippen LogP contribution is -2.25. The van der Waals surface area contributed by atoms with Gasteiger partial charge in [0.15, 0.2) is 5.82 Å². The van der Waals surface area contributed by atoms with E-state index in [2.05, 4.69) is 15.5 Å². The van der Waals surface area contributed by atoms with Crippen molar-refractivity contribution in [1.29, 1.82) is 0 Å². The number of carboxylic acid groups (broad SMARTS) is 1. The van der Waals surface area contributed by atoms with Crippen LogP contribution in [0.1, 0.15) is 21.6 Å². The predicted octanol–water partition coefficient (Wildman–Crippen LogP) is 2.05. The van der Waals surface area contributed by atoms with Crippen molar-refractivity contribution in [3.8, 4) is 0 Å². The normalized spacial score (nSPS) is 19.2. The molecule has 0 bridgehead atoms. The Kier molecular flexibility index (Phi) is 4.93. The van der Waals surface area contributed by atoms with Crippen LogP contribution in [-0.2, 0) is 0 Å². The lowest BCUT2D eigenvalue weighted by Gasteiger charge is -2.21. The summed E-state index contributed by atoms with van der Waals surface area (Å²) in [6.07, 6.45) is 0. The number of anilines is 1. The zero-order valence-electron chi connectivity index (χ0n) is 11.0. The quantitative estimate of drug-likeness (QED) is 0.881. The minimum Gasteiger partial charge on any atom is -0.478 e. The van der Waals surface area contributed by atoms with Crippen LogP contribution < -0.4 is 5.32 Å². The van der Waals surface area contributed by atoms with Crippen molar-refractivity contribution in [1.82, 2.24) is 10.2 Å². The van der Waals surface area contributed by atoms with Crippen molar-refractivity contribution < 1.29 is 9.90 Å². The molecule has 0 saturated carbocycles. The van der Waals surface area contributed by atoms with Crippen molar-refractivity contribution in [2.24, 2.45) is 0 Å². The van der Waals surface area contributed by atoms with Crippen LogP contribution in [0, 0.1) is 13.8 Å². The van der Waals surface area contributed by atoms with Crippen molar-refractivity contribution >= 4 is 35.3 Å². The molecule has 5 nitrogen and oxygen atoms in total. The van der Waals surface area contributed by atoms with Gasteiger partial charge in [0.1, 0.15) is 5.56 Å². The number of hydrogen-bond donors (Lipinski definition) is 2. The van der Waals surface area contributed by atoms with Gasteiger partial charge in [-0.15, -0.1) is 5.10 Å². The monoisotopic (exact) mass is 299 g/mol. The molecule has 0 spiro atoms. The molecule has 1 aromatic rings. The Labute approximate surface area is 121 Å². The molecule has 0 aliphatic carbocycles. The highest BCUT2D eigenvalue weighted by Gasteiger charge is 2.19. The SMILES string of the molecule is Cc1nnc(NCC2CSCCS2)c(C(=O)O)c1C. The molecule has 2 heterocycles. The first-order chi connectivity index (χ1) is 9.09. The third-order valence-electron chi connectivity index (χ3n) is 3.05. The van der Waals surface area contributed by atoms with E-state index >= 15 is 0 Å². The summed E-state index contributed by atoms with van der Waals surface area (Å²) < 4.78 is 0. The highest BCUT2D eigenvalue weighted by molar-refractivity contribution is 8.06. The van der Waals surface area contributed by atoms with E-state index in [1.54, 1.807) is 13.8 Å². The van der Waals surface area contributed by atoms with E-state index in [1.807, 2.05) is 23.5 Å². The Morgan fingerprint density at radius 3 is 2.84 bits per heavy atom. The fraction of sp³-hybridized carbons (Fsp3) is 0.583. The molecule has 1 saturated heterocycles. The Morgan fingerprint density at radius 1 is 1.42 bits per heavy atom. The maximum absolute atomic E-state index is 11.3. The summed E-state index contributed by atoms with van der Waals surface area (Å²) in [4.78, 5) is 11.3. The standard InChI is InChI=1S/C12H17N3O2S2/c1-7-8(2)14-15-11(10(7)12(16)17)13-5-9-6-18-3-4-19-9/h9H,3-6H2,1-2H3,(H,13,15)(H,16,17). The van der Waals surface area contributed by atoms with Gasteiger partial charge in [0.05, 0.1) is 5.69 Å². The second-order valence-corrected chi connectivity index (χ2v) is 6.95. The van der Waals surface area contributed by atoms with Crippen LogP contribution in [0.3, 0.4) is 0 Å². The molecule has 1 fully saturated rings. The Balaban J connectivity index is 2.11. The number of aromatic carboxylic acids is 1. The number of aromatic nitrogens is 2. The molecule has 104 valence electrons. The first-order valence-electron chi connectivity index (χ1n) is 6.10. The summed E-state index contributed by atoms with van der Waals surface area (Å²) in [5, 5.41) is 20.9. The van der Waals surface area contributed by atoms with Gasteiger partial charge < -0.3 is 10.4 Å². The van der Waals surface area contributed by atoms with Gasteiger partial charge in [0, 0.05) is 29.1 Å². The van der Waals surface area contributed by atoms with E-state index in [0.717, 1.165) is 18.1 Å². The van der Waals surface area contributed by atoms with Crippen LogP contribution in [0.15, 0.2) is 0 Å². The smallest absolute Gasteiger partial charge is 0.339 e. The molecule has 2 N–H and O–H groups in total. The molecule has 19 heavy (non-hydrogen) atoms. The minimum absolute atomic E-state index is 0.237. The van der Waals surface area contributed by atoms with Gasteiger partial charge in [0.25, 0.3) is 0 Å². The molecule has 1 aliphatic heterocycles. The zero-order valence-corrected chi connectivity index (χ0v) is 12.6. The van der Waals surface area contributed by atoms with Gasteiger partial charge in [-0.25, -0.2) is 4.79 Å². The number of aryl methyl sites for hydroxylation is 1. The third-order valence-corrected chi connectivity index (χ3v) is 5.90. The molecule has 0 amide bonds. The van der Waals surface area contributed by atoms with Crippen LogP contribution in [0.5, 0.6) is 0 Å². The first-order valence-corrected chi connectivity index (χ1v) is 8.30. The molecular weight excluding hydrogens is 282 g/mol. The van der Waals surface area contributed by atoms with E-state index in [1.165, 1.54) is 5.75 Å². The van der Waals surface area contributed by atoms with Gasteiger partial charge in [-0.1, -0.05) is 0 Å². The second kappa shape index (κ2) is 6.47. The van der Waals surface area contributed by atoms with E-state index in [-0.39, 0.29) is 5.56 Å². The average molecular weight is 299 g/mol. The fourth-order valence-electron chi connectivity index (χ4n) is 1.86. The average Bonchev–Trinajstić information content (AvgIpc) is 2.41. The summed E-state index contributed by atoms with van der Waals surface area (Å²) in [6.45, 7) is 4.27. The van der Waals surface area contributed by atoms with Crippen molar-refractivity contribution in [3.63, 3.8) is 0 Å². The Morgan fingerprint density at radius 2 is 2.21 bits per heavy atom. The first kappa shape index (κ1) is 14.5. The number of rotatable bonds is 4. The van der Waals surface area contributed by atoms with Crippen LogP contribution >= 0.6 is 23.5 Å². The van der Waals surface area contributed by atoms with Gasteiger partial charge in [-0.3, -0.25) is 0 Å². The molecular formula is C12H17N3O2S2. The molecule has 0 aromatic carbocycles. The third kappa shape index (κ3) is 3.54. The summed E-state index contributed by atoms with van der Waals surface area (Å²) in [5.41, 5.74) is 1.57. The van der Waals surface area contributed by atoms with Gasteiger partial charge in [-0.05, 0) is 19.4 Å². The topological polar surface area (TPSA) is 75.1 Å². The van der Waals surface area contributed by atoms with Crippen LogP contribution in [0.4, 0.5) is 5.82 Å². The van der Waals surface area contributed by atoms with Gasteiger partial charge >= 0.3 is 5.97 Å². The Bertz CT molecular complexity index is 476. The van der Waals surface area contributed by atoms with E-state index in [0.29, 0.717) is 22.3 Å². The van der Waals surface area contributed by atoms with E-state index in [9.17, 15) is 9.90 Å². The van der Waals surface area contributed by atoms with Gasteiger partial charge in [0.2, 0.25) is 0 Å². The maximum Gasteiger partial charge on any atom is 0.339 e. The fourth-order valence-corrected chi connectivity index (χ4v) is 4.47. The number of thioether (sulfide) groups is 2. The van der Waals surface area contributed by atoms with E-state index in [4.69, 9.17) is 0 Å². The Hall–Kier alpha value is -0.950. The lowest BCUT2D eigenvalue weighted by atomic mass is 10.1. The number of hydrogen-bond acceptors (Lipinski definition) is 6. The molecule has 1 aliphatic rings. The number of carbonyl (C=O) groups is 1. The van der Waals surface area contributed by atoms with Gasteiger partial charge in [-0.2, -0.15) is 28.6 Å². The molecule has 0 radical (unpaired) electrons. The summed E-state index contributed by atoms with van der Waals surface area (Å²) >= 11 is 3.87. The van der Waals surface area contributed by atoms with E-state index < -0.39 is 5.97 Å². The minimum atomic E-state index is -0.955. The van der Waals surface area contributed by atoms with Crippen molar-refractivity contribution in [2.45, 2.75) is 19.1 Å². The lowest BCUT2D eigenvalue weighted by molar-refractivity contribution is 0.0696. The van der Waals surface area contributed by atoms with Crippen molar-refractivity contribution in [3.05, 3.63) is 16.8 Å².